The maximum Gasteiger partial charge on any atom is 0.335 e. The highest BCUT2D eigenvalue weighted by Gasteiger charge is 2.47. The number of fused-ring (bicyclic) bond motifs is 1. The predicted octanol–water partition coefficient (Wildman–Crippen LogP) is 2.49. The van der Waals surface area contributed by atoms with E-state index in [2.05, 4.69) is 6.92 Å². The number of benzene rings is 1. The molecule has 1 aromatic carbocycles. The highest BCUT2D eigenvalue weighted by molar-refractivity contribution is 8.00. The monoisotopic (exact) mass is 349 g/mol. The Balaban J connectivity index is 1.66. The van der Waals surface area contributed by atoms with Crippen LogP contribution in [0.2, 0.25) is 0 Å². The lowest BCUT2D eigenvalue weighted by Gasteiger charge is -2.41. The summed E-state index contributed by atoms with van der Waals surface area (Å²) in [6, 6.07) is 10.1. The fraction of sp³-hybridized carbons (Fsp3) is 0.556. The molecule has 2 aliphatic rings. The molecule has 1 aromatic rings. The molecule has 0 aromatic heterocycles. The molecular weight excluding hydrogens is 326 g/mol. The number of esters is 1. The first-order chi connectivity index (χ1) is 11.6. The lowest BCUT2D eigenvalue weighted by molar-refractivity contribution is -0.153. The molecule has 0 bridgehead atoms. The summed E-state index contributed by atoms with van der Waals surface area (Å²) >= 11 is 1.55. The summed E-state index contributed by atoms with van der Waals surface area (Å²) < 4.78 is 10.6. The van der Waals surface area contributed by atoms with Crippen molar-refractivity contribution >= 4 is 23.6 Å². The Labute approximate surface area is 146 Å². The van der Waals surface area contributed by atoms with E-state index in [1.165, 1.54) is 7.11 Å². The Hall–Kier alpha value is -1.53. The van der Waals surface area contributed by atoms with Crippen LogP contribution in [0.15, 0.2) is 35.2 Å². The van der Waals surface area contributed by atoms with Crippen LogP contribution in [0.4, 0.5) is 0 Å². The zero-order valence-corrected chi connectivity index (χ0v) is 14.8. The van der Waals surface area contributed by atoms with E-state index in [0.29, 0.717) is 12.2 Å². The molecule has 0 aliphatic carbocycles. The largest absolute Gasteiger partial charge is 0.467 e. The lowest BCUT2D eigenvalue weighted by atomic mass is 9.92. The van der Waals surface area contributed by atoms with Crippen LogP contribution in [-0.4, -0.2) is 53.9 Å². The lowest BCUT2D eigenvalue weighted by Crippen LogP contribution is -2.53. The number of amides is 1. The van der Waals surface area contributed by atoms with Gasteiger partial charge in [-0.2, -0.15) is 0 Å². The van der Waals surface area contributed by atoms with Gasteiger partial charge in [0.25, 0.3) is 0 Å². The summed E-state index contributed by atoms with van der Waals surface area (Å²) in [5.41, 5.74) is 0. The molecule has 2 heterocycles. The summed E-state index contributed by atoms with van der Waals surface area (Å²) in [7, 11) is 1.37. The van der Waals surface area contributed by atoms with Crippen LogP contribution in [0.25, 0.3) is 0 Å². The van der Waals surface area contributed by atoms with E-state index in [1.807, 2.05) is 35.2 Å². The third-order valence-corrected chi connectivity index (χ3v) is 5.78. The molecule has 0 radical (unpaired) electrons. The van der Waals surface area contributed by atoms with Crippen molar-refractivity contribution in [3.05, 3.63) is 30.3 Å². The number of methoxy groups -OCH3 is 1. The summed E-state index contributed by atoms with van der Waals surface area (Å²) in [6.45, 7) is 2.08. The number of ether oxygens (including phenoxy) is 2. The van der Waals surface area contributed by atoms with E-state index >= 15 is 0 Å². The molecule has 130 valence electrons. The van der Waals surface area contributed by atoms with Crippen LogP contribution in [0.3, 0.4) is 0 Å². The Kier molecular flexibility index (Phi) is 5.46. The number of nitrogens with zero attached hydrogens (tertiary/aromatic N) is 1. The van der Waals surface area contributed by atoms with Crippen molar-refractivity contribution in [2.45, 2.75) is 55.4 Å². The van der Waals surface area contributed by atoms with Gasteiger partial charge in [-0.25, -0.2) is 4.79 Å². The number of carbonyl (C=O) groups excluding carboxylic acids is 2. The summed E-state index contributed by atoms with van der Waals surface area (Å²) in [5.74, 6) is 0.170. The van der Waals surface area contributed by atoms with E-state index < -0.39 is 6.10 Å². The summed E-state index contributed by atoms with van der Waals surface area (Å²) in [6.07, 6.45) is 1.71. The van der Waals surface area contributed by atoms with Gasteiger partial charge in [0.1, 0.15) is 0 Å². The number of carbonyl (C=O) groups is 2. The molecule has 6 heteroatoms. The molecule has 4 atom stereocenters. The van der Waals surface area contributed by atoms with E-state index in [4.69, 9.17) is 9.47 Å². The predicted molar refractivity (Wildman–Crippen MR) is 91.8 cm³/mol. The number of rotatable bonds is 4. The Morgan fingerprint density at radius 2 is 2.04 bits per heavy atom. The average molecular weight is 349 g/mol. The highest BCUT2D eigenvalue weighted by atomic mass is 32.2. The minimum Gasteiger partial charge on any atom is -0.467 e. The maximum atomic E-state index is 12.8. The number of likely N-dealkylation sites (tertiary alicyclic amines) is 1. The smallest absolute Gasteiger partial charge is 0.335 e. The first kappa shape index (κ1) is 17.3. The van der Waals surface area contributed by atoms with Crippen molar-refractivity contribution in [2.75, 3.05) is 12.9 Å². The second kappa shape index (κ2) is 7.57. The molecule has 3 rings (SSSR count). The van der Waals surface area contributed by atoms with Crippen LogP contribution < -0.4 is 0 Å². The topological polar surface area (TPSA) is 55.8 Å². The van der Waals surface area contributed by atoms with Gasteiger partial charge >= 0.3 is 5.97 Å². The molecule has 2 aliphatic heterocycles. The molecular formula is C18H23NO4S. The first-order valence-corrected chi connectivity index (χ1v) is 9.31. The standard InChI is InChI=1S/C18H23NO4S/c1-12-8-9-15-14(10-16(23-15)18(21)22-2)19(12)17(20)11-24-13-6-4-3-5-7-13/h3-7,12,14-16H,8-11H2,1-2H3/t12-,14+,15+,16-/m0/s1. The molecule has 5 nitrogen and oxygen atoms in total. The highest BCUT2D eigenvalue weighted by Crippen LogP contribution is 2.36. The fourth-order valence-corrected chi connectivity index (χ4v) is 4.39. The zero-order chi connectivity index (χ0) is 17.1. The third kappa shape index (κ3) is 3.59. The molecule has 0 spiro atoms. The maximum absolute atomic E-state index is 12.8. The van der Waals surface area contributed by atoms with Gasteiger partial charge < -0.3 is 14.4 Å². The Morgan fingerprint density at radius 1 is 1.29 bits per heavy atom. The van der Waals surface area contributed by atoms with Crippen molar-refractivity contribution in [2.24, 2.45) is 0 Å². The van der Waals surface area contributed by atoms with Crippen LogP contribution in [0.1, 0.15) is 26.2 Å². The van der Waals surface area contributed by atoms with Gasteiger partial charge in [-0.3, -0.25) is 4.79 Å². The summed E-state index contributed by atoms with van der Waals surface area (Å²) in [5, 5.41) is 0. The molecule has 0 N–H and O–H groups in total. The normalized spacial score (nSPS) is 29.2. The second-order valence-electron chi connectivity index (χ2n) is 6.32. The minimum atomic E-state index is -0.549. The van der Waals surface area contributed by atoms with Gasteiger partial charge in [0.05, 0.1) is 25.0 Å². The fourth-order valence-electron chi connectivity index (χ4n) is 3.60. The molecule has 2 saturated heterocycles. The molecule has 2 fully saturated rings. The van der Waals surface area contributed by atoms with Crippen molar-refractivity contribution in [1.29, 1.82) is 0 Å². The Bertz CT molecular complexity index is 594. The number of thioether (sulfide) groups is 1. The van der Waals surface area contributed by atoms with Gasteiger partial charge in [-0.05, 0) is 31.9 Å². The molecule has 0 saturated carbocycles. The van der Waals surface area contributed by atoms with Gasteiger partial charge in [-0.15, -0.1) is 11.8 Å². The van der Waals surface area contributed by atoms with Crippen LogP contribution >= 0.6 is 11.8 Å². The molecule has 24 heavy (non-hydrogen) atoms. The van der Waals surface area contributed by atoms with Gasteiger partial charge in [0.2, 0.25) is 5.91 Å². The summed E-state index contributed by atoms with van der Waals surface area (Å²) in [4.78, 5) is 27.6. The Morgan fingerprint density at radius 3 is 2.75 bits per heavy atom. The number of piperidine rings is 1. The quantitative estimate of drug-likeness (QED) is 0.617. The van der Waals surface area contributed by atoms with E-state index in [-0.39, 0.29) is 30.1 Å². The van der Waals surface area contributed by atoms with Gasteiger partial charge in [-0.1, -0.05) is 18.2 Å². The van der Waals surface area contributed by atoms with Crippen LogP contribution in [-0.2, 0) is 19.1 Å². The van der Waals surface area contributed by atoms with Crippen molar-refractivity contribution in [3.8, 4) is 0 Å². The van der Waals surface area contributed by atoms with Gasteiger partial charge in [0.15, 0.2) is 6.10 Å². The average Bonchev–Trinajstić information content (AvgIpc) is 3.04. The number of hydrogen-bond acceptors (Lipinski definition) is 5. The van der Waals surface area contributed by atoms with E-state index in [9.17, 15) is 9.59 Å². The number of hydrogen-bond donors (Lipinski definition) is 0. The third-order valence-electron chi connectivity index (χ3n) is 4.78. The molecule has 1 amide bonds. The zero-order valence-electron chi connectivity index (χ0n) is 14.0. The van der Waals surface area contributed by atoms with Crippen molar-refractivity contribution in [3.63, 3.8) is 0 Å². The van der Waals surface area contributed by atoms with Crippen molar-refractivity contribution < 1.29 is 19.1 Å². The van der Waals surface area contributed by atoms with Crippen LogP contribution in [0, 0.1) is 0 Å². The van der Waals surface area contributed by atoms with E-state index in [0.717, 1.165) is 17.7 Å². The minimum absolute atomic E-state index is 0.0262. The second-order valence-corrected chi connectivity index (χ2v) is 7.37. The van der Waals surface area contributed by atoms with Crippen molar-refractivity contribution in [1.82, 2.24) is 4.90 Å². The van der Waals surface area contributed by atoms with Gasteiger partial charge in [0, 0.05) is 17.4 Å². The molecule has 0 unspecified atom stereocenters. The first-order valence-electron chi connectivity index (χ1n) is 8.32. The van der Waals surface area contributed by atoms with Crippen LogP contribution in [0.5, 0.6) is 0 Å². The van der Waals surface area contributed by atoms with E-state index in [1.54, 1.807) is 11.8 Å². The SMILES string of the molecule is COC(=O)[C@@H]1C[C@@H]2[C@@H](CC[C@H](C)N2C(=O)CSc2ccccc2)O1.